The van der Waals surface area contributed by atoms with E-state index in [1.54, 1.807) is 20.8 Å². The number of imidazole rings is 1. The lowest BCUT2D eigenvalue weighted by atomic mass is 10.0. The summed E-state index contributed by atoms with van der Waals surface area (Å²) in [6, 6.07) is 0. The van der Waals surface area contributed by atoms with Crippen LogP contribution in [0.4, 0.5) is 0 Å². The van der Waals surface area contributed by atoms with Crippen molar-refractivity contribution in [2.75, 3.05) is 6.61 Å². The van der Waals surface area contributed by atoms with Crippen molar-refractivity contribution in [1.82, 2.24) is 8.96 Å². The topological polar surface area (TPSA) is 97.0 Å². The van der Waals surface area contributed by atoms with Crippen molar-refractivity contribution in [3.05, 3.63) is 23.8 Å². The zero-order valence-corrected chi connectivity index (χ0v) is 13.0. The van der Waals surface area contributed by atoms with E-state index in [2.05, 4.69) is 24.4 Å². The van der Waals surface area contributed by atoms with E-state index in [1.807, 2.05) is 0 Å². The Morgan fingerprint density at radius 2 is 2.14 bits per heavy atom. The molecule has 0 bridgehead atoms. The van der Waals surface area contributed by atoms with Gasteiger partial charge in [0.15, 0.2) is 17.4 Å². The molecule has 1 aromatic rings. The number of aromatic nitrogens is 2. The van der Waals surface area contributed by atoms with Gasteiger partial charge in [-0.05, 0) is 20.8 Å². The van der Waals surface area contributed by atoms with Crippen LogP contribution in [-0.4, -0.2) is 48.9 Å². The molecule has 7 nitrogen and oxygen atoms in total. The third kappa shape index (κ3) is 2.95. The first kappa shape index (κ1) is 16.3. The van der Waals surface area contributed by atoms with E-state index in [4.69, 9.17) is 9.47 Å². The summed E-state index contributed by atoms with van der Waals surface area (Å²) < 4.78 is 12.4. The molecule has 3 N–H and O–H groups in total. The summed E-state index contributed by atoms with van der Waals surface area (Å²) in [5, 5.41) is 29.4. The molecule has 1 aliphatic rings. The van der Waals surface area contributed by atoms with E-state index in [-0.39, 0.29) is 18.2 Å². The average molecular weight is 316 g/mol. The van der Waals surface area contributed by atoms with E-state index in [9.17, 15) is 15.3 Å². The largest absolute Gasteiger partial charge is 0.505 e. The Morgan fingerprint density at radius 3 is 2.62 bits per heavy atom. The monoisotopic (exact) mass is 316 g/mol. The summed E-state index contributed by atoms with van der Waals surface area (Å²) >= 11 is 4.22. The van der Waals surface area contributed by atoms with E-state index in [0.29, 0.717) is 11.4 Å². The zero-order valence-electron chi connectivity index (χ0n) is 12.1. The number of hydrogen-bond donors (Lipinski definition) is 4. The lowest BCUT2D eigenvalue weighted by Crippen LogP contribution is -2.33. The lowest BCUT2D eigenvalue weighted by molar-refractivity contribution is -0.157. The predicted molar refractivity (Wildman–Crippen MR) is 78.9 cm³/mol. The molecule has 8 heteroatoms. The van der Waals surface area contributed by atoms with Gasteiger partial charge in [-0.15, -0.1) is 0 Å². The van der Waals surface area contributed by atoms with Crippen molar-refractivity contribution in [2.45, 2.75) is 44.9 Å². The van der Waals surface area contributed by atoms with Crippen molar-refractivity contribution < 1.29 is 24.8 Å². The quantitative estimate of drug-likeness (QED) is 0.488. The Hall–Kier alpha value is -1.06. The number of thiol groups is 1. The van der Waals surface area contributed by atoms with Gasteiger partial charge in [-0.2, -0.15) is 0 Å². The first-order valence-corrected chi connectivity index (χ1v) is 6.89. The van der Waals surface area contributed by atoms with Crippen LogP contribution in [0.2, 0.25) is 0 Å². The number of aliphatic hydroxyl groups is 3. The van der Waals surface area contributed by atoms with Crippen LogP contribution >= 0.6 is 12.8 Å². The molecule has 0 saturated carbocycles. The Morgan fingerprint density at radius 1 is 1.52 bits per heavy atom. The number of aliphatic hydroxyl groups excluding tert-OH is 3. The Bertz CT molecular complexity index is 557. The number of aryl methyl sites for hydroxylation is 1. The highest BCUT2D eigenvalue weighted by Crippen LogP contribution is 2.36. The Labute approximate surface area is 128 Å². The normalized spacial score (nSPS) is 26.0. The maximum atomic E-state index is 10.6. The molecule has 0 radical (unpaired) electrons. The number of nitrogens with zero attached hydrogens (tertiary/aromatic N) is 2. The maximum absolute atomic E-state index is 10.6. The van der Waals surface area contributed by atoms with E-state index >= 15 is 0 Å². The second-order valence-corrected chi connectivity index (χ2v) is 5.83. The molecule has 0 unspecified atom stereocenters. The van der Waals surface area contributed by atoms with Crippen LogP contribution in [0.3, 0.4) is 0 Å². The van der Waals surface area contributed by atoms with Crippen molar-refractivity contribution in [1.29, 1.82) is 0 Å². The van der Waals surface area contributed by atoms with Crippen LogP contribution in [0.5, 0.6) is 0 Å². The molecule has 0 aromatic carbocycles. The Balaban J connectivity index is 2.36. The molecule has 1 saturated heterocycles. The van der Waals surface area contributed by atoms with E-state index < -0.39 is 24.1 Å². The van der Waals surface area contributed by atoms with Crippen LogP contribution in [0.1, 0.15) is 37.2 Å². The van der Waals surface area contributed by atoms with Gasteiger partial charge in [0.1, 0.15) is 18.3 Å². The molecular weight excluding hydrogens is 296 g/mol. The minimum absolute atomic E-state index is 0.142. The highest BCUT2D eigenvalue weighted by molar-refractivity contribution is 7.78. The molecule has 2 heterocycles. The fourth-order valence-electron chi connectivity index (χ4n) is 2.48. The van der Waals surface area contributed by atoms with Crippen molar-refractivity contribution in [2.24, 2.45) is 0 Å². The van der Waals surface area contributed by atoms with Gasteiger partial charge in [-0.1, -0.05) is 19.4 Å². The molecule has 1 aromatic heterocycles. The molecule has 1 fully saturated rings. The fraction of sp³-hybridized carbons (Fsp3) is 0.615. The van der Waals surface area contributed by atoms with Crippen LogP contribution < -0.4 is 0 Å². The maximum Gasteiger partial charge on any atom is 0.185 e. The molecule has 1 aliphatic heterocycles. The third-order valence-electron chi connectivity index (χ3n) is 3.32. The molecule has 118 valence electrons. The van der Waals surface area contributed by atoms with Gasteiger partial charge in [-0.3, -0.25) is 3.97 Å². The fourth-order valence-corrected chi connectivity index (χ4v) is 2.91. The molecular formula is C13H20N2O5S. The van der Waals surface area contributed by atoms with Crippen molar-refractivity contribution >= 4 is 18.6 Å². The Kier molecular flexibility index (Phi) is 4.36. The lowest BCUT2D eigenvalue weighted by Gasteiger charge is -2.22. The zero-order chi connectivity index (χ0) is 15.9. The first-order chi connectivity index (χ1) is 9.68. The number of ether oxygens (including phenoxy) is 2. The minimum atomic E-state index is -1.12. The van der Waals surface area contributed by atoms with Crippen molar-refractivity contribution in [3.8, 4) is 0 Å². The summed E-state index contributed by atoms with van der Waals surface area (Å²) in [6.45, 7) is 8.19. The van der Waals surface area contributed by atoms with E-state index in [0.717, 1.165) is 0 Å². The molecule has 3 atom stereocenters. The number of rotatable bonds is 4. The second-order valence-electron chi connectivity index (χ2n) is 5.43. The molecule has 21 heavy (non-hydrogen) atoms. The SMILES string of the molecule is C=C(O)c1nc(C)c([C@@H](O)[C@@H]2OC(C)(C)O[C@@H]2CO)n1S. The highest BCUT2D eigenvalue weighted by atomic mass is 32.1. The van der Waals surface area contributed by atoms with Gasteiger partial charge in [0.25, 0.3) is 0 Å². The van der Waals surface area contributed by atoms with Crippen molar-refractivity contribution in [3.63, 3.8) is 0 Å². The van der Waals surface area contributed by atoms with Crippen LogP contribution in [0.15, 0.2) is 6.58 Å². The third-order valence-corrected chi connectivity index (χ3v) is 3.73. The number of hydrogen-bond acceptors (Lipinski definition) is 7. The van der Waals surface area contributed by atoms with Gasteiger partial charge < -0.3 is 24.8 Å². The summed E-state index contributed by atoms with van der Waals surface area (Å²) in [7, 11) is 0. The van der Waals surface area contributed by atoms with Gasteiger partial charge in [-0.25, -0.2) is 4.98 Å². The van der Waals surface area contributed by atoms with Gasteiger partial charge in [0, 0.05) is 0 Å². The molecule has 0 aliphatic carbocycles. The molecule has 0 spiro atoms. The summed E-state index contributed by atoms with van der Waals surface area (Å²) in [6.07, 6.45) is -2.56. The van der Waals surface area contributed by atoms with Gasteiger partial charge >= 0.3 is 0 Å². The van der Waals surface area contributed by atoms with Crippen LogP contribution in [-0.2, 0) is 9.47 Å². The van der Waals surface area contributed by atoms with Gasteiger partial charge in [0.2, 0.25) is 0 Å². The average Bonchev–Trinajstić information content (AvgIpc) is 2.85. The second kappa shape index (κ2) is 5.62. The summed E-state index contributed by atoms with van der Waals surface area (Å²) in [5.41, 5.74) is 0.834. The van der Waals surface area contributed by atoms with Crippen LogP contribution in [0.25, 0.3) is 5.76 Å². The summed E-state index contributed by atoms with van der Waals surface area (Å²) in [5.74, 6) is -1.02. The first-order valence-electron chi connectivity index (χ1n) is 6.49. The van der Waals surface area contributed by atoms with Crippen LogP contribution in [0, 0.1) is 6.92 Å². The minimum Gasteiger partial charge on any atom is -0.505 e. The smallest absolute Gasteiger partial charge is 0.185 e. The van der Waals surface area contributed by atoms with E-state index in [1.165, 1.54) is 3.97 Å². The summed E-state index contributed by atoms with van der Waals surface area (Å²) in [4.78, 5) is 4.11. The molecule has 2 rings (SSSR count). The van der Waals surface area contributed by atoms with Gasteiger partial charge in [0.05, 0.1) is 18.0 Å². The molecule has 0 amide bonds. The highest BCUT2D eigenvalue weighted by Gasteiger charge is 2.46. The standard InChI is InChI=1S/C13H20N2O5S/c1-6-9(15(21)12(14-6)7(2)17)10(18)11-8(5-16)19-13(3,4)20-11/h8,10-11,16-18,21H,2,5H2,1,3-4H3/t8-,10-,11-/m1/s1. The predicted octanol–water partition coefficient (Wildman–Crippen LogP) is 0.959.